The number of pyridine rings is 2. The number of aryl methyl sites for hydroxylation is 3. The van der Waals surface area contributed by atoms with Crippen LogP contribution in [0.3, 0.4) is 0 Å². The zero-order valence-electron chi connectivity index (χ0n) is 23.7. The van der Waals surface area contributed by atoms with E-state index in [0.29, 0.717) is 6.04 Å². The second kappa shape index (κ2) is 10.5. The standard InChI is InChI=1S/C35H34N4O/c1-23(2)38-22-39(34-12-7-6-11-33(34)38)28-18-27(35-25(4)16-24(3)17-26(35)5)19-30(20-28)40-29-13-15-37-32(21-29)31-10-8-9-14-36-31/h6-21,23H,22H2,1-5H3. The third-order valence-corrected chi connectivity index (χ3v) is 7.46. The molecule has 0 fully saturated rings. The summed E-state index contributed by atoms with van der Waals surface area (Å²) >= 11 is 0. The van der Waals surface area contributed by atoms with Gasteiger partial charge in [-0.2, -0.15) is 0 Å². The van der Waals surface area contributed by atoms with Crippen molar-refractivity contribution in [2.24, 2.45) is 0 Å². The molecule has 0 saturated heterocycles. The minimum Gasteiger partial charge on any atom is -0.457 e. The lowest BCUT2D eigenvalue weighted by molar-refractivity contribution is 0.482. The molecule has 0 amide bonds. The molecule has 0 spiro atoms. The first-order valence-electron chi connectivity index (χ1n) is 13.8. The van der Waals surface area contributed by atoms with Crippen molar-refractivity contribution in [1.29, 1.82) is 0 Å². The van der Waals surface area contributed by atoms with Crippen molar-refractivity contribution in [3.05, 3.63) is 114 Å². The lowest BCUT2D eigenvalue weighted by Gasteiger charge is -2.26. The highest BCUT2D eigenvalue weighted by Gasteiger charge is 2.29. The normalized spacial score (nSPS) is 12.7. The molecular weight excluding hydrogens is 492 g/mol. The first-order chi connectivity index (χ1) is 19.4. The molecule has 0 radical (unpaired) electrons. The van der Waals surface area contributed by atoms with E-state index in [1.54, 1.807) is 12.4 Å². The first kappa shape index (κ1) is 25.6. The van der Waals surface area contributed by atoms with E-state index in [1.165, 1.54) is 33.6 Å². The summed E-state index contributed by atoms with van der Waals surface area (Å²) in [4.78, 5) is 13.8. The van der Waals surface area contributed by atoms with E-state index >= 15 is 0 Å². The Kier molecular flexibility index (Phi) is 6.72. The zero-order chi connectivity index (χ0) is 27.8. The molecule has 5 aromatic rings. The molecule has 5 heteroatoms. The summed E-state index contributed by atoms with van der Waals surface area (Å²) in [6.45, 7) is 11.8. The van der Waals surface area contributed by atoms with Gasteiger partial charge in [0.15, 0.2) is 0 Å². The van der Waals surface area contributed by atoms with Crippen molar-refractivity contribution in [3.8, 4) is 34.0 Å². The smallest absolute Gasteiger partial charge is 0.131 e. The van der Waals surface area contributed by atoms with E-state index in [0.717, 1.165) is 40.8 Å². The molecule has 1 aliphatic heterocycles. The van der Waals surface area contributed by atoms with Crippen molar-refractivity contribution in [3.63, 3.8) is 0 Å². The zero-order valence-corrected chi connectivity index (χ0v) is 23.7. The summed E-state index contributed by atoms with van der Waals surface area (Å²) in [5.41, 5.74) is 11.3. The van der Waals surface area contributed by atoms with E-state index in [1.807, 2.05) is 30.3 Å². The van der Waals surface area contributed by atoms with Gasteiger partial charge in [-0.1, -0.05) is 35.9 Å². The van der Waals surface area contributed by atoms with E-state index in [9.17, 15) is 0 Å². The highest BCUT2D eigenvalue weighted by Crippen LogP contribution is 2.44. The van der Waals surface area contributed by atoms with Gasteiger partial charge in [-0.25, -0.2) is 0 Å². The van der Waals surface area contributed by atoms with Gasteiger partial charge in [0.2, 0.25) is 0 Å². The van der Waals surface area contributed by atoms with Crippen LogP contribution in [0.4, 0.5) is 17.1 Å². The van der Waals surface area contributed by atoms with Gasteiger partial charge in [-0.05, 0) is 99.3 Å². The van der Waals surface area contributed by atoms with Crippen LogP contribution in [0, 0.1) is 20.8 Å². The van der Waals surface area contributed by atoms with Crippen molar-refractivity contribution in [2.45, 2.75) is 40.7 Å². The van der Waals surface area contributed by atoms with E-state index in [2.05, 4.69) is 109 Å². The molecule has 1 aliphatic rings. The molecule has 0 aliphatic carbocycles. The van der Waals surface area contributed by atoms with Crippen LogP contribution in [-0.4, -0.2) is 22.7 Å². The van der Waals surface area contributed by atoms with Crippen molar-refractivity contribution in [2.75, 3.05) is 16.5 Å². The Morgan fingerprint density at radius 1 is 0.700 bits per heavy atom. The van der Waals surface area contributed by atoms with Crippen LogP contribution in [0.15, 0.2) is 97.3 Å². The maximum absolute atomic E-state index is 6.56. The number of aromatic nitrogens is 2. The first-order valence-corrected chi connectivity index (χ1v) is 13.8. The molecule has 200 valence electrons. The highest BCUT2D eigenvalue weighted by molar-refractivity contribution is 5.85. The number of anilines is 3. The fourth-order valence-corrected chi connectivity index (χ4v) is 5.75. The Bertz CT molecular complexity index is 1660. The number of hydrogen-bond acceptors (Lipinski definition) is 5. The minimum atomic E-state index is 0.383. The van der Waals surface area contributed by atoms with Gasteiger partial charge in [0.25, 0.3) is 0 Å². The average Bonchev–Trinajstić information content (AvgIpc) is 3.33. The summed E-state index contributed by atoms with van der Waals surface area (Å²) < 4.78 is 6.56. The molecule has 0 saturated carbocycles. The summed E-state index contributed by atoms with van der Waals surface area (Å²) in [6.07, 6.45) is 3.55. The second-order valence-corrected chi connectivity index (χ2v) is 10.8. The van der Waals surface area contributed by atoms with Crippen LogP contribution >= 0.6 is 0 Å². The van der Waals surface area contributed by atoms with Crippen molar-refractivity contribution >= 4 is 17.1 Å². The number of fused-ring (bicyclic) bond motifs is 1. The fraction of sp³-hybridized carbons (Fsp3) is 0.200. The molecule has 3 aromatic carbocycles. The van der Waals surface area contributed by atoms with Gasteiger partial charge >= 0.3 is 0 Å². The quantitative estimate of drug-likeness (QED) is 0.221. The van der Waals surface area contributed by atoms with Gasteiger partial charge < -0.3 is 14.5 Å². The molecule has 40 heavy (non-hydrogen) atoms. The maximum atomic E-state index is 6.56. The van der Waals surface area contributed by atoms with Gasteiger partial charge in [0, 0.05) is 36.3 Å². The third-order valence-electron chi connectivity index (χ3n) is 7.46. The molecule has 0 unspecified atom stereocenters. The molecule has 2 aromatic heterocycles. The number of benzene rings is 3. The number of rotatable bonds is 6. The second-order valence-electron chi connectivity index (χ2n) is 10.8. The minimum absolute atomic E-state index is 0.383. The fourth-order valence-electron chi connectivity index (χ4n) is 5.75. The Morgan fingerprint density at radius 2 is 1.43 bits per heavy atom. The monoisotopic (exact) mass is 526 g/mol. The molecule has 0 N–H and O–H groups in total. The lowest BCUT2D eigenvalue weighted by atomic mass is 9.93. The van der Waals surface area contributed by atoms with Crippen molar-refractivity contribution < 1.29 is 4.74 Å². The SMILES string of the molecule is Cc1cc(C)c(-c2cc(Oc3ccnc(-c4ccccn4)c3)cc(N3CN(C(C)C)c4ccccc43)c2)c(C)c1. The molecule has 6 rings (SSSR count). The topological polar surface area (TPSA) is 41.5 Å². The van der Waals surface area contributed by atoms with Crippen LogP contribution in [0.25, 0.3) is 22.5 Å². The van der Waals surface area contributed by atoms with Crippen LogP contribution in [0.2, 0.25) is 0 Å². The molecular formula is C35H34N4O. The molecule has 5 nitrogen and oxygen atoms in total. The van der Waals surface area contributed by atoms with Crippen molar-refractivity contribution in [1.82, 2.24) is 9.97 Å². The Hall–Kier alpha value is -4.64. The predicted molar refractivity (Wildman–Crippen MR) is 165 cm³/mol. The summed E-state index contributed by atoms with van der Waals surface area (Å²) in [6, 6.07) is 29.8. The molecule has 0 bridgehead atoms. The van der Waals surface area contributed by atoms with Crippen LogP contribution in [0.1, 0.15) is 30.5 Å². The van der Waals surface area contributed by atoms with Gasteiger partial charge in [-0.15, -0.1) is 0 Å². The van der Waals surface area contributed by atoms with Crippen LogP contribution in [0.5, 0.6) is 11.5 Å². The average molecular weight is 527 g/mol. The molecule has 0 atom stereocenters. The third kappa shape index (κ3) is 4.91. The van der Waals surface area contributed by atoms with E-state index < -0.39 is 0 Å². The Labute approximate surface area is 236 Å². The summed E-state index contributed by atoms with van der Waals surface area (Å²) in [7, 11) is 0. The number of hydrogen-bond donors (Lipinski definition) is 0. The Balaban J connectivity index is 1.46. The van der Waals surface area contributed by atoms with Crippen LogP contribution in [-0.2, 0) is 0 Å². The van der Waals surface area contributed by atoms with Crippen LogP contribution < -0.4 is 14.5 Å². The Morgan fingerprint density at radius 3 is 2.15 bits per heavy atom. The highest BCUT2D eigenvalue weighted by atomic mass is 16.5. The van der Waals surface area contributed by atoms with Gasteiger partial charge in [0.1, 0.15) is 11.5 Å². The predicted octanol–water partition coefficient (Wildman–Crippen LogP) is 8.85. The van der Waals surface area contributed by atoms with Gasteiger partial charge in [-0.3, -0.25) is 9.97 Å². The van der Waals surface area contributed by atoms with E-state index in [-0.39, 0.29) is 0 Å². The van der Waals surface area contributed by atoms with Gasteiger partial charge in [0.05, 0.1) is 29.4 Å². The van der Waals surface area contributed by atoms with E-state index in [4.69, 9.17) is 4.74 Å². The summed E-state index contributed by atoms with van der Waals surface area (Å²) in [5, 5.41) is 0. The molecule has 3 heterocycles. The lowest BCUT2D eigenvalue weighted by Crippen LogP contribution is -2.33. The number of para-hydroxylation sites is 2. The number of ether oxygens (including phenoxy) is 1. The largest absolute Gasteiger partial charge is 0.457 e. The number of nitrogens with zero attached hydrogens (tertiary/aromatic N) is 4. The maximum Gasteiger partial charge on any atom is 0.131 e. The summed E-state index contributed by atoms with van der Waals surface area (Å²) in [5.74, 6) is 1.51.